The van der Waals surface area contributed by atoms with Gasteiger partial charge >= 0.3 is 0 Å². The Kier molecular flexibility index (Phi) is 7.08. The number of aromatic nitrogens is 2. The maximum atomic E-state index is 14.0. The van der Waals surface area contributed by atoms with Gasteiger partial charge in [0.05, 0.1) is 39.0 Å². The van der Waals surface area contributed by atoms with E-state index >= 15 is 0 Å². The van der Waals surface area contributed by atoms with Crippen molar-refractivity contribution >= 4 is 44.8 Å². The van der Waals surface area contributed by atoms with Crippen molar-refractivity contribution in [3.8, 4) is 12.3 Å². The summed E-state index contributed by atoms with van der Waals surface area (Å²) in [6.07, 6.45) is 9.33. The molecule has 1 aliphatic carbocycles. The van der Waals surface area contributed by atoms with Crippen LogP contribution < -0.4 is 21.6 Å². The second-order valence-corrected chi connectivity index (χ2v) is 12.5. The molecule has 0 saturated heterocycles. The molecule has 10 heteroatoms. The molecule has 2 aromatic carbocycles. The molecular formula is C32H32ClF2N7. The zero-order valence-corrected chi connectivity index (χ0v) is 24.4. The van der Waals surface area contributed by atoms with Gasteiger partial charge in [-0.05, 0) is 48.1 Å². The number of hydrogen-bond donors (Lipinski definition) is 4. The number of alkyl halides is 2. The molecule has 3 heterocycles. The van der Waals surface area contributed by atoms with Crippen molar-refractivity contribution in [2.45, 2.75) is 51.6 Å². The third kappa shape index (κ3) is 5.17. The van der Waals surface area contributed by atoms with Crippen LogP contribution in [0.3, 0.4) is 0 Å². The Hall–Kier alpha value is -4.13. The van der Waals surface area contributed by atoms with Gasteiger partial charge in [-0.15, -0.1) is 12.0 Å². The second-order valence-electron chi connectivity index (χ2n) is 12.0. The maximum Gasteiger partial charge on any atom is 0.262 e. The minimum absolute atomic E-state index is 0.00521. The Morgan fingerprint density at radius 2 is 1.95 bits per heavy atom. The fraction of sp³-hybridized carbons (Fsp3) is 0.312. The number of halogens is 3. The summed E-state index contributed by atoms with van der Waals surface area (Å²) in [6.45, 7) is 7.11. The zero-order chi connectivity index (χ0) is 29.6. The average molecular weight is 588 g/mol. The van der Waals surface area contributed by atoms with Crippen molar-refractivity contribution in [3.63, 3.8) is 0 Å². The summed E-state index contributed by atoms with van der Waals surface area (Å²) in [7, 11) is 0. The van der Waals surface area contributed by atoms with Crippen LogP contribution in [-0.4, -0.2) is 33.5 Å². The maximum absolute atomic E-state index is 14.0. The van der Waals surface area contributed by atoms with E-state index in [1.54, 1.807) is 18.6 Å². The predicted octanol–water partition coefficient (Wildman–Crippen LogP) is 6.99. The van der Waals surface area contributed by atoms with Crippen LogP contribution in [0.25, 0.3) is 21.8 Å². The first-order valence-corrected chi connectivity index (χ1v) is 14.2. The number of anilines is 2. The Bertz CT molecular complexity index is 1730. The Morgan fingerprint density at radius 1 is 1.14 bits per heavy atom. The summed E-state index contributed by atoms with van der Waals surface area (Å²) in [6, 6.07) is 13.1. The van der Waals surface area contributed by atoms with Crippen molar-refractivity contribution in [2.24, 2.45) is 5.41 Å². The minimum atomic E-state index is -2.48. The van der Waals surface area contributed by atoms with E-state index in [4.69, 9.17) is 18.0 Å². The molecule has 6 rings (SSSR count). The molecule has 0 bridgehead atoms. The molecule has 1 atom stereocenters. The van der Waals surface area contributed by atoms with E-state index in [2.05, 4.69) is 58.3 Å². The smallest absolute Gasteiger partial charge is 0.262 e. The van der Waals surface area contributed by atoms with Gasteiger partial charge in [-0.3, -0.25) is 15.0 Å². The quantitative estimate of drug-likeness (QED) is 0.165. The lowest BCUT2D eigenvalue weighted by atomic mass is 9.96. The first-order chi connectivity index (χ1) is 20.1. The number of terminal acetylenes is 1. The molecule has 216 valence electrons. The molecule has 2 aliphatic rings. The van der Waals surface area contributed by atoms with Crippen LogP contribution in [-0.2, 0) is 0 Å². The van der Waals surface area contributed by atoms with Gasteiger partial charge in [0.2, 0.25) is 0 Å². The Morgan fingerprint density at radius 3 is 2.67 bits per heavy atom. The van der Waals surface area contributed by atoms with Crippen LogP contribution in [0.5, 0.6) is 0 Å². The Balaban J connectivity index is 1.46. The highest BCUT2D eigenvalue weighted by Crippen LogP contribution is 2.47. The van der Waals surface area contributed by atoms with E-state index in [0.717, 1.165) is 27.5 Å². The number of pyridine rings is 2. The summed E-state index contributed by atoms with van der Waals surface area (Å²) in [4.78, 5) is 9.07. The third-order valence-electron chi connectivity index (χ3n) is 7.73. The van der Waals surface area contributed by atoms with Crippen molar-refractivity contribution in [1.82, 2.24) is 25.9 Å². The molecule has 4 aromatic rings. The lowest BCUT2D eigenvalue weighted by molar-refractivity contribution is 0.00911. The summed E-state index contributed by atoms with van der Waals surface area (Å²) in [5.41, 5.74) is 10.1. The molecule has 0 unspecified atom stereocenters. The monoisotopic (exact) mass is 587 g/mol. The normalized spacial score (nSPS) is 16.7. The van der Waals surface area contributed by atoms with Crippen LogP contribution in [0.1, 0.15) is 50.8 Å². The summed E-state index contributed by atoms with van der Waals surface area (Å²) in [5, 5.41) is 10.8. The van der Waals surface area contributed by atoms with Crippen LogP contribution in [0, 0.1) is 17.8 Å². The van der Waals surface area contributed by atoms with Crippen molar-refractivity contribution in [1.29, 1.82) is 0 Å². The molecule has 1 fully saturated rings. The van der Waals surface area contributed by atoms with Gasteiger partial charge in [-0.1, -0.05) is 56.5 Å². The van der Waals surface area contributed by atoms with Gasteiger partial charge in [-0.2, -0.15) is 0 Å². The van der Waals surface area contributed by atoms with Gasteiger partial charge in [-0.25, -0.2) is 8.78 Å². The molecule has 2 aromatic heterocycles. The number of fused-ring (bicyclic) bond motifs is 2. The third-order valence-corrected chi connectivity index (χ3v) is 8.01. The van der Waals surface area contributed by atoms with Crippen LogP contribution >= 0.6 is 11.6 Å². The largest absolute Gasteiger partial charge is 0.383 e. The summed E-state index contributed by atoms with van der Waals surface area (Å²) < 4.78 is 27.9. The second kappa shape index (κ2) is 10.6. The molecule has 1 aliphatic heterocycles. The summed E-state index contributed by atoms with van der Waals surface area (Å²) in [5.74, 6) is 2.74. The standard InChI is InChI=1S/C32H32ClF2N7/c1-5-19-16-37-28-23(27(19)38-18-31(2,3)4)14-20(15-24(28)33)39-29(22-8-6-10-25-21(22)9-7-13-36-25)26-17-42(41-40-26)32(11-12-32)30(34)35/h1,6-10,13-17,29-30,39-41H,11-12,18H2,2-4H3,(H,37,38)/t29-/m0/s1. The number of hydrogen-bond acceptors (Lipinski definition) is 7. The average Bonchev–Trinajstić information content (AvgIpc) is 3.64. The predicted molar refractivity (Wildman–Crippen MR) is 165 cm³/mol. The van der Waals surface area contributed by atoms with Crippen molar-refractivity contribution in [2.75, 3.05) is 17.2 Å². The van der Waals surface area contributed by atoms with Gasteiger partial charge in [0.1, 0.15) is 5.54 Å². The SMILES string of the molecule is C#Cc1cnc2c(Cl)cc(N[C@H](C3=CN(C4(C(F)F)CC4)NN3)c3cccc4ncccc34)cc2c1NCC(C)(C)C. The van der Waals surface area contributed by atoms with E-state index in [0.29, 0.717) is 46.9 Å². The fourth-order valence-corrected chi connectivity index (χ4v) is 5.54. The van der Waals surface area contributed by atoms with Gasteiger partial charge < -0.3 is 16.1 Å². The van der Waals surface area contributed by atoms with E-state index in [1.165, 1.54) is 5.01 Å². The van der Waals surface area contributed by atoms with E-state index < -0.39 is 18.0 Å². The first-order valence-electron chi connectivity index (χ1n) is 13.8. The highest BCUT2D eigenvalue weighted by Gasteiger charge is 2.56. The topological polar surface area (TPSA) is 77.1 Å². The number of nitrogens with one attached hydrogen (secondary N) is 4. The molecular weight excluding hydrogens is 556 g/mol. The fourth-order valence-electron chi connectivity index (χ4n) is 5.27. The van der Waals surface area contributed by atoms with Crippen LogP contribution in [0.15, 0.2) is 66.8 Å². The summed E-state index contributed by atoms with van der Waals surface area (Å²) >= 11 is 6.80. The van der Waals surface area contributed by atoms with E-state index in [9.17, 15) is 8.78 Å². The van der Waals surface area contributed by atoms with Gasteiger partial charge in [0.25, 0.3) is 6.43 Å². The lowest BCUT2D eigenvalue weighted by Crippen LogP contribution is -2.48. The van der Waals surface area contributed by atoms with Gasteiger partial charge in [0.15, 0.2) is 0 Å². The number of rotatable bonds is 8. The highest BCUT2D eigenvalue weighted by molar-refractivity contribution is 6.35. The minimum Gasteiger partial charge on any atom is -0.383 e. The lowest BCUT2D eigenvalue weighted by Gasteiger charge is -2.25. The number of hydrazine groups is 2. The van der Waals surface area contributed by atoms with E-state index in [1.807, 2.05) is 42.5 Å². The number of nitrogens with zero attached hydrogens (tertiary/aromatic N) is 3. The first kappa shape index (κ1) is 28.0. The molecule has 0 amide bonds. The van der Waals surface area contributed by atoms with Crippen molar-refractivity contribution < 1.29 is 8.78 Å². The number of benzene rings is 2. The molecule has 42 heavy (non-hydrogen) atoms. The molecule has 7 nitrogen and oxygen atoms in total. The highest BCUT2D eigenvalue weighted by atomic mass is 35.5. The molecule has 0 radical (unpaired) electrons. The van der Waals surface area contributed by atoms with Crippen molar-refractivity contribution in [3.05, 3.63) is 82.9 Å². The van der Waals surface area contributed by atoms with Gasteiger partial charge in [0, 0.05) is 41.6 Å². The molecule has 0 spiro atoms. The molecule has 1 saturated carbocycles. The zero-order valence-electron chi connectivity index (χ0n) is 23.6. The molecule has 4 N–H and O–H groups in total. The van der Waals surface area contributed by atoms with E-state index in [-0.39, 0.29) is 5.41 Å². The van der Waals surface area contributed by atoms with Crippen LogP contribution in [0.4, 0.5) is 20.2 Å². The Labute approximate surface area is 248 Å². The van der Waals surface area contributed by atoms with Crippen LogP contribution in [0.2, 0.25) is 5.02 Å².